The second-order valence-electron chi connectivity index (χ2n) is 5.47. The maximum Gasteiger partial charge on any atom is 0.267 e. The van der Waals surface area contributed by atoms with Crippen molar-refractivity contribution >= 4 is 34.9 Å². The van der Waals surface area contributed by atoms with Crippen molar-refractivity contribution in [3.63, 3.8) is 0 Å². The summed E-state index contributed by atoms with van der Waals surface area (Å²) in [6, 6.07) is 7.38. The molecule has 7 heteroatoms. The van der Waals surface area contributed by atoms with Crippen molar-refractivity contribution in [1.82, 2.24) is 9.88 Å². The lowest BCUT2D eigenvalue weighted by atomic mass is 10.1. The molecule has 1 aliphatic heterocycles. The monoisotopic (exact) mass is 347 g/mol. The smallest absolute Gasteiger partial charge is 0.267 e. The van der Waals surface area contributed by atoms with Crippen LogP contribution >= 0.6 is 23.1 Å². The third-order valence-corrected chi connectivity index (χ3v) is 5.70. The molecule has 2 N–H and O–H groups in total. The van der Waals surface area contributed by atoms with Crippen LogP contribution in [0.15, 0.2) is 24.3 Å². The summed E-state index contributed by atoms with van der Waals surface area (Å²) in [6.07, 6.45) is 0. The van der Waals surface area contributed by atoms with Crippen LogP contribution in [0.3, 0.4) is 0 Å². The van der Waals surface area contributed by atoms with Gasteiger partial charge < -0.3 is 10.6 Å². The van der Waals surface area contributed by atoms with E-state index in [0.29, 0.717) is 22.2 Å². The average Bonchev–Trinajstić information content (AvgIpc) is 3.14. The third-order valence-electron chi connectivity index (χ3n) is 3.72. The van der Waals surface area contributed by atoms with Gasteiger partial charge in [0.1, 0.15) is 10.9 Å². The van der Waals surface area contributed by atoms with Gasteiger partial charge >= 0.3 is 0 Å². The number of hydrogen-bond acceptors (Lipinski definition) is 5. The molecule has 0 saturated carbocycles. The van der Waals surface area contributed by atoms with Crippen molar-refractivity contribution in [3.05, 3.63) is 39.7 Å². The van der Waals surface area contributed by atoms with Gasteiger partial charge in [0.15, 0.2) is 0 Å². The van der Waals surface area contributed by atoms with Gasteiger partial charge in [0, 0.05) is 11.3 Å². The summed E-state index contributed by atoms with van der Waals surface area (Å²) in [5.74, 6) is 0.413. The summed E-state index contributed by atoms with van der Waals surface area (Å²) >= 11 is 2.90. The van der Waals surface area contributed by atoms with Gasteiger partial charge in [0.25, 0.3) is 5.91 Å². The van der Waals surface area contributed by atoms with Crippen LogP contribution in [-0.2, 0) is 4.79 Å². The molecule has 1 aromatic heterocycles. The van der Waals surface area contributed by atoms with Crippen molar-refractivity contribution in [2.45, 2.75) is 19.9 Å². The van der Waals surface area contributed by atoms with Gasteiger partial charge in [0.2, 0.25) is 5.91 Å². The Labute approximate surface area is 142 Å². The molecule has 2 aromatic rings. The first-order valence-corrected chi connectivity index (χ1v) is 9.17. The minimum Gasteiger partial charge on any atom is -0.368 e. The second-order valence-corrected chi connectivity index (χ2v) is 7.67. The van der Waals surface area contributed by atoms with Crippen molar-refractivity contribution in [2.75, 3.05) is 11.6 Å². The minimum atomic E-state index is -0.541. The predicted octanol–water partition coefficient (Wildman–Crippen LogP) is 2.43. The van der Waals surface area contributed by atoms with Crippen molar-refractivity contribution in [3.8, 4) is 11.3 Å². The molecule has 0 spiro atoms. The van der Waals surface area contributed by atoms with E-state index in [0.717, 1.165) is 16.1 Å². The Hall–Kier alpha value is -1.86. The molecule has 1 fully saturated rings. The van der Waals surface area contributed by atoms with Crippen LogP contribution in [0.1, 0.15) is 20.2 Å². The molecule has 23 heavy (non-hydrogen) atoms. The first-order chi connectivity index (χ1) is 11.0. The Bertz CT molecular complexity index is 755. The number of primary amides is 1. The molecule has 3 rings (SSSR count). The van der Waals surface area contributed by atoms with Gasteiger partial charge in [-0.05, 0) is 13.8 Å². The number of aryl methyl sites for hydroxylation is 2. The van der Waals surface area contributed by atoms with Gasteiger partial charge in [-0.25, -0.2) is 4.98 Å². The predicted molar refractivity (Wildman–Crippen MR) is 93.5 cm³/mol. The number of rotatable bonds is 3. The molecule has 1 aromatic carbocycles. The number of thioether (sulfide) groups is 1. The number of thiazole rings is 1. The number of benzene rings is 1. The Kier molecular flexibility index (Phi) is 4.41. The van der Waals surface area contributed by atoms with Gasteiger partial charge in [-0.1, -0.05) is 29.8 Å². The molecule has 0 bridgehead atoms. The summed E-state index contributed by atoms with van der Waals surface area (Å²) < 4.78 is 0. The van der Waals surface area contributed by atoms with E-state index in [4.69, 9.17) is 5.73 Å². The lowest BCUT2D eigenvalue weighted by Gasteiger charge is -2.20. The van der Waals surface area contributed by atoms with Gasteiger partial charge in [-0.2, -0.15) is 0 Å². The first-order valence-electron chi connectivity index (χ1n) is 7.20. The van der Waals surface area contributed by atoms with Crippen molar-refractivity contribution in [2.24, 2.45) is 5.73 Å². The van der Waals surface area contributed by atoms with E-state index in [2.05, 4.69) is 4.98 Å². The van der Waals surface area contributed by atoms with E-state index in [1.165, 1.54) is 11.3 Å². The highest BCUT2D eigenvalue weighted by molar-refractivity contribution is 7.99. The summed E-state index contributed by atoms with van der Waals surface area (Å²) in [4.78, 5) is 31.1. The van der Waals surface area contributed by atoms with Crippen LogP contribution < -0.4 is 5.73 Å². The fourth-order valence-electron chi connectivity index (χ4n) is 2.49. The number of amides is 2. The van der Waals surface area contributed by atoms with Crippen LogP contribution in [0, 0.1) is 13.8 Å². The summed E-state index contributed by atoms with van der Waals surface area (Å²) in [7, 11) is 0. The number of carbonyl (C=O) groups excluding carboxylic acids is 2. The third kappa shape index (κ3) is 3.11. The van der Waals surface area contributed by atoms with Crippen LogP contribution in [0.4, 0.5) is 0 Å². The molecule has 120 valence electrons. The maximum atomic E-state index is 12.9. The zero-order valence-corrected chi connectivity index (χ0v) is 14.5. The van der Waals surface area contributed by atoms with Crippen LogP contribution in [0.2, 0.25) is 0 Å². The molecular weight excluding hydrogens is 330 g/mol. The number of nitrogens with two attached hydrogens (primary N) is 1. The van der Waals surface area contributed by atoms with Crippen LogP contribution in [-0.4, -0.2) is 39.4 Å². The Morgan fingerprint density at radius 2 is 1.96 bits per heavy atom. The molecular formula is C16H17N3O2S2. The van der Waals surface area contributed by atoms with E-state index in [1.54, 1.807) is 16.7 Å². The van der Waals surface area contributed by atoms with Crippen LogP contribution in [0.5, 0.6) is 0 Å². The largest absolute Gasteiger partial charge is 0.368 e. The summed E-state index contributed by atoms with van der Waals surface area (Å²) in [5, 5.41) is 0.825. The van der Waals surface area contributed by atoms with Crippen molar-refractivity contribution < 1.29 is 9.59 Å². The highest BCUT2D eigenvalue weighted by atomic mass is 32.2. The number of aromatic nitrogens is 1. The first kappa shape index (κ1) is 16.0. The van der Waals surface area contributed by atoms with Gasteiger partial charge in [-0.3, -0.25) is 9.59 Å². The summed E-state index contributed by atoms with van der Waals surface area (Å²) in [6.45, 7) is 3.89. The fraction of sp³-hybridized carbons (Fsp3) is 0.312. The minimum absolute atomic E-state index is 0.167. The average molecular weight is 347 g/mol. The molecule has 0 radical (unpaired) electrons. The number of nitrogens with zero attached hydrogens (tertiary/aromatic N) is 2. The fourth-order valence-corrected chi connectivity index (χ4v) is 4.55. The molecule has 1 atom stereocenters. The quantitative estimate of drug-likeness (QED) is 0.925. The molecule has 0 unspecified atom stereocenters. The van der Waals surface area contributed by atoms with Gasteiger partial charge in [0.05, 0.1) is 16.6 Å². The Balaban J connectivity index is 1.98. The lowest BCUT2D eigenvalue weighted by molar-refractivity contribution is -0.121. The highest BCUT2D eigenvalue weighted by Crippen LogP contribution is 2.32. The molecule has 5 nitrogen and oxygen atoms in total. The second kappa shape index (κ2) is 6.33. The molecule has 1 aliphatic rings. The zero-order chi connectivity index (χ0) is 16.6. The molecule has 1 saturated heterocycles. The van der Waals surface area contributed by atoms with E-state index in [9.17, 15) is 9.59 Å². The van der Waals surface area contributed by atoms with Gasteiger partial charge in [-0.15, -0.1) is 23.1 Å². The van der Waals surface area contributed by atoms with E-state index >= 15 is 0 Å². The molecule has 2 heterocycles. The maximum absolute atomic E-state index is 12.9. The number of hydrogen-bond donors (Lipinski definition) is 1. The standard InChI is InChI=1S/C16H17N3O2S2/c1-9-3-5-11(6-4-9)13-14(23-10(2)18-13)16(21)19-8-22-7-12(19)15(17)20/h3-6,12H,7-8H2,1-2H3,(H2,17,20)/t12-/m0/s1. The molecule has 2 amide bonds. The van der Waals surface area contributed by atoms with E-state index < -0.39 is 11.9 Å². The topological polar surface area (TPSA) is 76.3 Å². The van der Waals surface area contributed by atoms with Crippen molar-refractivity contribution in [1.29, 1.82) is 0 Å². The zero-order valence-electron chi connectivity index (χ0n) is 12.9. The Morgan fingerprint density at radius 3 is 2.61 bits per heavy atom. The Morgan fingerprint density at radius 1 is 1.26 bits per heavy atom. The van der Waals surface area contributed by atoms with E-state index in [-0.39, 0.29) is 5.91 Å². The van der Waals surface area contributed by atoms with Crippen LogP contribution in [0.25, 0.3) is 11.3 Å². The summed E-state index contributed by atoms with van der Waals surface area (Å²) in [5.41, 5.74) is 8.15. The van der Waals surface area contributed by atoms with E-state index in [1.807, 2.05) is 38.1 Å². The lowest BCUT2D eigenvalue weighted by Crippen LogP contribution is -2.45. The normalized spacial score (nSPS) is 17.5. The number of carbonyl (C=O) groups is 2. The molecule has 0 aliphatic carbocycles. The SMILES string of the molecule is Cc1ccc(-c2nc(C)sc2C(=O)N2CSC[C@H]2C(N)=O)cc1. The highest BCUT2D eigenvalue weighted by Gasteiger charge is 2.35.